The summed E-state index contributed by atoms with van der Waals surface area (Å²) in [4.78, 5) is 15.2. The van der Waals surface area contributed by atoms with Crippen molar-refractivity contribution in [2.45, 2.75) is 20.8 Å². The second-order valence-corrected chi connectivity index (χ2v) is 4.26. The number of aromatic amines is 1. The fraction of sp³-hybridized carbons (Fsp3) is 0.214. The fourth-order valence-corrected chi connectivity index (χ4v) is 1.86. The van der Waals surface area contributed by atoms with E-state index in [0.717, 1.165) is 22.6 Å². The van der Waals surface area contributed by atoms with Gasteiger partial charge in [-0.2, -0.15) is 0 Å². The number of carbonyl (C=O) groups excluding carboxylic acids is 1. The number of H-pyrrole nitrogens is 1. The van der Waals surface area contributed by atoms with Crippen LogP contribution in [0.3, 0.4) is 0 Å². The summed E-state index contributed by atoms with van der Waals surface area (Å²) in [7, 11) is 0. The lowest BCUT2D eigenvalue weighted by Gasteiger charge is -2.07. The van der Waals surface area contributed by atoms with Gasteiger partial charge >= 0.3 is 0 Å². The first kappa shape index (κ1) is 11.5. The molecule has 1 heterocycles. The van der Waals surface area contributed by atoms with Gasteiger partial charge < -0.3 is 10.3 Å². The van der Waals surface area contributed by atoms with Crippen molar-refractivity contribution in [3.05, 3.63) is 52.8 Å². The summed E-state index contributed by atoms with van der Waals surface area (Å²) in [6.45, 7) is 5.82. The van der Waals surface area contributed by atoms with Gasteiger partial charge in [0.05, 0.1) is 5.56 Å². The van der Waals surface area contributed by atoms with E-state index >= 15 is 0 Å². The highest BCUT2D eigenvalue weighted by Crippen LogP contribution is 2.16. The van der Waals surface area contributed by atoms with Crippen LogP contribution in [0.25, 0.3) is 0 Å². The zero-order valence-electron chi connectivity index (χ0n) is 10.3. The van der Waals surface area contributed by atoms with Crippen LogP contribution < -0.4 is 5.32 Å². The Balaban J connectivity index is 2.23. The Kier molecular flexibility index (Phi) is 3.00. The van der Waals surface area contributed by atoms with Crippen LogP contribution in [0.1, 0.15) is 27.3 Å². The van der Waals surface area contributed by atoms with Crippen LogP contribution >= 0.6 is 0 Å². The molecular formula is C14H16N2O. The zero-order chi connectivity index (χ0) is 12.4. The third-order valence-corrected chi connectivity index (χ3v) is 2.79. The molecule has 0 aliphatic carbocycles. The van der Waals surface area contributed by atoms with Crippen molar-refractivity contribution < 1.29 is 4.79 Å². The van der Waals surface area contributed by atoms with Crippen molar-refractivity contribution >= 4 is 11.6 Å². The number of benzene rings is 1. The predicted molar refractivity (Wildman–Crippen MR) is 69.4 cm³/mol. The van der Waals surface area contributed by atoms with Gasteiger partial charge in [0, 0.05) is 17.1 Å². The molecule has 0 fully saturated rings. The number of anilines is 1. The number of aromatic nitrogens is 1. The van der Waals surface area contributed by atoms with E-state index < -0.39 is 0 Å². The lowest BCUT2D eigenvalue weighted by molar-refractivity contribution is 0.102. The van der Waals surface area contributed by atoms with Gasteiger partial charge in [0.15, 0.2) is 0 Å². The smallest absolute Gasteiger partial charge is 0.257 e. The Labute approximate surface area is 101 Å². The molecule has 0 saturated heterocycles. The van der Waals surface area contributed by atoms with Crippen molar-refractivity contribution in [1.29, 1.82) is 0 Å². The van der Waals surface area contributed by atoms with Crippen molar-refractivity contribution in [3.63, 3.8) is 0 Å². The largest absolute Gasteiger partial charge is 0.362 e. The van der Waals surface area contributed by atoms with Gasteiger partial charge in [-0.05, 0) is 38.5 Å². The van der Waals surface area contributed by atoms with E-state index in [4.69, 9.17) is 0 Å². The minimum absolute atomic E-state index is 0.0684. The number of para-hydroxylation sites is 1. The molecule has 0 atom stereocenters. The highest BCUT2D eigenvalue weighted by atomic mass is 16.1. The fourth-order valence-electron chi connectivity index (χ4n) is 1.86. The van der Waals surface area contributed by atoms with Gasteiger partial charge in [0.25, 0.3) is 5.91 Å². The van der Waals surface area contributed by atoms with Crippen molar-refractivity contribution in [1.82, 2.24) is 4.98 Å². The zero-order valence-corrected chi connectivity index (χ0v) is 10.3. The highest BCUT2D eigenvalue weighted by Gasteiger charge is 2.12. The Morgan fingerprint density at radius 1 is 1.18 bits per heavy atom. The van der Waals surface area contributed by atoms with Gasteiger partial charge in [-0.1, -0.05) is 18.2 Å². The van der Waals surface area contributed by atoms with Crippen LogP contribution in [0.4, 0.5) is 5.69 Å². The van der Waals surface area contributed by atoms with Crippen LogP contribution in [0.2, 0.25) is 0 Å². The number of nitrogens with one attached hydrogen (secondary N) is 2. The van der Waals surface area contributed by atoms with Crippen LogP contribution in [0.15, 0.2) is 30.3 Å². The molecule has 0 aliphatic rings. The molecule has 0 bridgehead atoms. The number of hydrogen-bond acceptors (Lipinski definition) is 1. The maximum Gasteiger partial charge on any atom is 0.257 e. The van der Waals surface area contributed by atoms with Crippen LogP contribution in [-0.2, 0) is 0 Å². The third-order valence-electron chi connectivity index (χ3n) is 2.79. The van der Waals surface area contributed by atoms with Crippen LogP contribution in [0.5, 0.6) is 0 Å². The average Bonchev–Trinajstić information content (AvgIpc) is 2.61. The molecule has 1 aromatic heterocycles. The Bertz CT molecular complexity index is 555. The first-order valence-electron chi connectivity index (χ1n) is 5.61. The molecule has 2 rings (SSSR count). The second-order valence-electron chi connectivity index (χ2n) is 4.26. The summed E-state index contributed by atoms with van der Waals surface area (Å²) < 4.78 is 0. The standard InChI is InChI=1S/C14H16N2O/c1-9-6-4-5-7-13(9)16-14(17)12-8-10(2)15-11(12)3/h4-8,15H,1-3H3,(H,16,17). The van der Waals surface area contributed by atoms with Crippen LogP contribution in [0, 0.1) is 20.8 Å². The molecule has 3 nitrogen and oxygen atoms in total. The number of amides is 1. The van der Waals surface area contributed by atoms with Gasteiger partial charge in [-0.3, -0.25) is 4.79 Å². The summed E-state index contributed by atoms with van der Waals surface area (Å²) >= 11 is 0. The molecule has 2 N–H and O–H groups in total. The SMILES string of the molecule is Cc1cc(C(=O)Nc2ccccc2C)c(C)[nH]1. The highest BCUT2D eigenvalue weighted by molar-refractivity contribution is 6.05. The minimum atomic E-state index is -0.0684. The molecule has 0 radical (unpaired) electrons. The first-order chi connectivity index (χ1) is 8.08. The van der Waals surface area contributed by atoms with Gasteiger partial charge in [0.1, 0.15) is 0 Å². The molecule has 17 heavy (non-hydrogen) atoms. The van der Waals surface area contributed by atoms with E-state index in [1.807, 2.05) is 51.1 Å². The third kappa shape index (κ3) is 2.38. The van der Waals surface area contributed by atoms with E-state index in [1.165, 1.54) is 0 Å². The molecule has 0 saturated carbocycles. The Morgan fingerprint density at radius 3 is 2.47 bits per heavy atom. The molecule has 1 aromatic carbocycles. The lowest BCUT2D eigenvalue weighted by Crippen LogP contribution is -2.13. The first-order valence-corrected chi connectivity index (χ1v) is 5.61. The maximum absolute atomic E-state index is 12.1. The van der Waals surface area contributed by atoms with E-state index in [1.54, 1.807) is 0 Å². The Morgan fingerprint density at radius 2 is 1.88 bits per heavy atom. The number of carbonyl (C=O) groups is 1. The molecule has 0 aliphatic heterocycles. The van der Waals surface area contributed by atoms with E-state index in [0.29, 0.717) is 5.56 Å². The Hall–Kier alpha value is -2.03. The van der Waals surface area contributed by atoms with Gasteiger partial charge in [-0.25, -0.2) is 0 Å². The van der Waals surface area contributed by atoms with E-state index in [-0.39, 0.29) is 5.91 Å². The quantitative estimate of drug-likeness (QED) is 0.814. The van der Waals surface area contributed by atoms with Gasteiger partial charge in [0.2, 0.25) is 0 Å². The predicted octanol–water partition coefficient (Wildman–Crippen LogP) is 3.19. The summed E-state index contributed by atoms with van der Waals surface area (Å²) in [5.74, 6) is -0.0684. The monoisotopic (exact) mass is 228 g/mol. The summed E-state index contributed by atoms with van der Waals surface area (Å²) in [6.07, 6.45) is 0. The second kappa shape index (κ2) is 4.45. The lowest BCUT2D eigenvalue weighted by atomic mass is 10.2. The number of aryl methyl sites for hydroxylation is 3. The van der Waals surface area contributed by atoms with Crippen molar-refractivity contribution in [2.24, 2.45) is 0 Å². The molecule has 2 aromatic rings. The van der Waals surface area contributed by atoms with E-state index in [9.17, 15) is 4.79 Å². The van der Waals surface area contributed by atoms with Crippen molar-refractivity contribution in [3.8, 4) is 0 Å². The van der Waals surface area contributed by atoms with E-state index in [2.05, 4.69) is 10.3 Å². The molecule has 0 spiro atoms. The number of hydrogen-bond donors (Lipinski definition) is 2. The van der Waals surface area contributed by atoms with Crippen molar-refractivity contribution in [2.75, 3.05) is 5.32 Å². The van der Waals surface area contributed by atoms with Crippen LogP contribution in [-0.4, -0.2) is 10.9 Å². The molecule has 3 heteroatoms. The summed E-state index contributed by atoms with van der Waals surface area (Å²) in [6, 6.07) is 9.62. The summed E-state index contributed by atoms with van der Waals surface area (Å²) in [5.41, 5.74) is 4.51. The topological polar surface area (TPSA) is 44.9 Å². The molecule has 88 valence electrons. The normalized spacial score (nSPS) is 10.3. The average molecular weight is 228 g/mol. The van der Waals surface area contributed by atoms with Gasteiger partial charge in [-0.15, -0.1) is 0 Å². The molecule has 0 unspecified atom stereocenters. The maximum atomic E-state index is 12.1. The molecule has 1 amide bonds. The number of rotatable bonds is 2. The summed E-state index contributed by atoms with van der Waals surface area (Å²) in [5, 5.41) is 2.92. The minimum Gasteiger partial charge on any atom is -0.362 e. The molecular weight excluding hydrogens is 212 g/mol.